The van der Waals surface area contributed by atoms with Crippen LogP contribution in [0.2, 0.25) is 0 Å². The molecule has 2 bridgehead atoms. The third-order valence-electron chi connectivity index (χ3n) is 6.86. The second-order valence-electron chi connectivity index (χ2n) is 12.3. The van der Waals surface area contributed by atoms with Crippen LogP contribution in [0.15, 0.2) is 42.6 Å². The van der Waals surface area contributed by atoms with Crippen LogP contribution in [-0.2, 0) is 31.9 Å². The van der Waals surface area contributed by atoms with Gasteiger partial charge in [0.1, 0.15) is 29.3 Å². The number of pyridine rings is 1. The van der Waals surface area contributed by atoms with Crippen molar-refractivity contribution in [2.45, 2.75) is 84.0 Å². The normalized spacial score (nSPS) is 18.7. The summed E-state index contributed by atoms with van der Waals surface area (Å²) in [6, 6.07) is 6.96. The van der Waals surface area contributed by atoms with Gasteiger partial charge in [-0.2, -0.15) is 0 Å². The summed E-state index contributed by atoms with van der Waals surface area (Å²) < 4.78 is 16.8. The first-order chi connectivity index (χ1) is 21.3. The molecule has 0 radical (unpaired) electrons. The molecule has 1 aromatic carbocycles. The summed E-state index contributed by atoms with van der Waals surface area (Å²) in [6.45, 7) is 10.6. The van der Waals surface area contributed by atoms with Gasteiger partial charge in [-0.25, -0.2) is 19.4 Å². The van der Waals surface area contributed by atoms with Crippen LogP contribution in [0.3, 0.4) is 0 Å². The predicted molar refractivity (Wildman–Crippen MR) is 167 cm³/mol. The standard InChI is InChI=1S/C32H45N5O8/c1-20(2)26-19-43-14-6-7-15-44-23-11-8-21(9-12-23)16-24(28(38)34-26)35-30(41)36-25(29(39)40)17-22-10-13-27(33-18-22)37-31(42)45-32(3,4)5/h8-13,18,20,24-26H,6-7,14-17,19H2,1-5H3,(H,34,38)(H,39,40)(H,33,37,42)(H2,35,36,41)/t24-,25?,26-/m1/s1. The van der Waals surface area contributed by atoms with Gasteiger partial charge in [-0.15, -0.1) is 0 Å². The number of ether oxygens (including phenoxy) is 3. The Morgan fingerprint density at radius 2 is 1.80 bits per heavy atom. The zero-order valence-corrected chi connectivity index (χ0v) is 26.6. The Morgan fingerprint density at radius 1 is 1.09 bits per heavy atom. The van der Waals surface area contributed by atoms with E-state index < -0.39 is 41.7 Å². The van der Waals surface area contributed by atoms with Crippen molar-refractivity contribution in [3.63, 3.8) is 0 Å². The number of nitrogens with zero attached hydrogens (tertiary/aromatic N) is 1. The summed E-state index contributed by atoms with van der Waals surface area (Å²) in [5.74, 6) is -0.687. The molecule has 0 saturated carbocycles. The average Bonchev–Trinajstić information content (AvgIpc) is 2.95. The molecule has 246 valence electrons. The number of aliphatic carboxylic acids is 1. The fourth-order valence-corrected chi connectivity index (χ4v) is 4.38. The Kier molecular flexibility index (Phi) is 13.0. The van der Waals surface area contributed by atoms with Crippen molar-refractivity contribution in [2.24, 2.45) is 5.92 Å². The molecule has 1 unspecified atom stereocenters. The van der Waals surface area contributed by atoms with E-state index in [9.17, 15) is 24.3 Å². The van der Waals surface area contributed by atoms with Crippen molar-refractivity contribution in [3.05, 3.63) is 53.7 Å². The van der Waals surface area contributed by atoms with E-state index in [2.05, 4.69) is 26.3 Å². The summed E-state index contributed by atoms with van der Waals surface area (Å²) in [6.07, 6.45) is 2.46. The molecule has 45 heavy (non-hydrogen) atoms. The third kappa shape index (κ3) is 12.6. The largest absolute Gasteiger partial charge is 0.494 e. The number of benzene rings is 1. The molecule has 3 heterocycles. The molecule has 0 fully saturated rings. The number of hydrogen-bond donors (Lipinski definition) is 5. The Labute approximate surface area is 263 Å². The highest BCUT2D eigenvalue weighted by molar-refractivity contribution is 5.89. The summed E-state index contributed by atoms with van der Waals surface area (Å²) in [5.41, 5.74) is 0.607. The molecule has 13 heteroatoms. The molecule has 0 spiro atoms. The van der Waals surface area contributed by atoms with Gasteiger partial charge in [0, 0.05) is 25.6 Å². The fourth-order valence-electron chi connectivity index (χ4n) is 4.38. The number of carbonyl (C=O) groups excluding carboxylic acids is 3. The van der Waals surface area contributed by atoms with Crippen molar-refractivity contribution in [3.8, 4) is 5.75 Å². The first-order valence-electron chi connectivity index (χ1n) is 15.1. The number of carboxylic acids is 1. The zero-order chi connectivity index (χ0) is 33.0. The molecular formula is C32H45N5O8. The summed E-state index contributed by atoms with van der Waals surface area (Å²) in [4.78, 5) is 54.7. The molecular weight excluding hydrogens is 582 g/mol. The van der Waals surface area contributed by atoms with Gasteiger partial charge in [0.2, 0.25) is 5.91 Å². The molecule has 2 aromatic rings. The van der Waals surface area contributed by atoms with E-state index >= 15 is 0 Å². The highest BCUT2D eigenvalue weighted by Crippen LogP contribution is 2.16. The molecule has 5 N–H and O–H groups in total. The lowest BCUT2D eigenvalue weighted by molar-refractivity contribution is -0.139. The fraction of sp³-hybridized carbons (Fsp3) is 0.531. The second-order valence-corrected chi connectivity index (χ2v) is 12.3. The van der Waals surface area contributed by atoms with E-state index in [-0.39, 0.29) is 30.6 Å². The lowest BCUT2D eigenvalue weighted by Crippen LogP contribution is -2.56. The minimum atomic E-state index is -1.32. The minimum Gasteiger partial charge on any atom is -0.494 e. The van der Waals surface area contributed by atoms with Crippen LogP contribution in [0.5, 0.6) is 5.75 Å². The number of fused-ring (bicyclic) bond motifs is 13. The molecule has 13 nitrogen and oxygen atoms in total. The lowest BCUT2D eigenvalue weighted by atomic mass is 10.0. The van der Waals surface area contributed by atoms with Gasteiger partial charge >= 0.3 is 18.1 Å². The smallest absolute Gasteiger partial charge is 0.413 e. The van der Waals surface area contributed by atoms with Crippen LogP contribution < -0.4 is 26.0 Å². The maximum absolute atomic E-state index is 13.5. The molecule has 4 amide bonds. The van der Waals surface area contributed by atoms with Crippen LogP contribution in [-0.4, -0.2) is 77.6 Å². The Hall–Kier alpha value is -4.39. The average molecular weight is 628 g/mol. The van der Waals surface area contributed by atoms with Crippen LogP contribution in [0, 0.1) is 5.92 Å². The zero-order valence-electron chi connectivity index (χ0n) is 26.6. The maximum Gasteiger partial charge on any atom is 0.413 e. The Bertz CT molecular complexity index is 1280. The van der Waals surface area contributed by atoms with Crippen molar-refractivity contribution >= 4 is 29.8 Å². The second kappa shape index (κ2) is 16.6. The number of anilines is 1. The van der Waals surface area contributed by atoms with E-state index in [4.69, 9.17) is 14.2 Å². The van der Waals surface area contributed by atoms with Gasteiger partial charge in [0.15, 0.2) is 0 Å². The number of amides is 4. The number of carbonyl (C=O) groups is 4. The number of hydrogen-bond acceptors (Lipinski definition) is 8. The van der Waals surface area contributed by atoms with Crippen LogP contribution in [0.25, 0.3) is 0 Å². The summed E-state index contributed by atoms with van der Waals surface area (Å²) in [5, 5.41) is 20.5. The van der Waals surface area contributed by atoms with Crippen molar-refractivity contribution < 1.29 is 38.5 Å². The number of rotatable bonds is 7. The van der Waals surface area contributed by atoms with Gasteiger partial charge in [-0.1, -0.05) is 32.0 Å². The third-order valence-corrected chi connectivity index (χ3v) is 6.86. The van der Waals surface area contributed by atoms with E-state index in [1.54, 1.807) is 26.8 Å². The highest BCUT2D eigenvalue weighted by Gasteiger charge is 2.28. The van der Waals surface area contributed by atoms with Gasteiger partial charge in [0.05, 0.1) is 19.3 Å². The summed E-state index contributed by atoms with van der Waals surface area (Å²) >= 11 is 0. The SMILES string of the molecule is CC(C)[C@H]1COCCCCOc2ccc(cc2)C[C@@H](NC(=O)NC(Cc2ccc(NC(=O)OC(C)(C)C)nc2)C(=O)O)C(=O)N1. The summed E-state index contributed by atoms with van der Waals surface area (Å²) in [7, 11) is 0. The predicted octanol–water partition coefficient (Wildman–Crippen LogP) is 3.66. The van der Waals surface area contributed by atoms with Crippen LogP contribution >= 0.6 is 0 Å². The van der Waals surface area contributed by atoms with Crippen molar-refractivity contribution in [1.29, 1.82) is 0 Å². The topological polar surface area (TPSA) is 177 Å². The molecule has 2 aliphatic heterocycles. The molecule has 0 aliphatic carbocycles. The molecule has 1 aromatic heterocycles. The highest BCUT2D eigenvalue weighted by atomic mass is 16.6. The lowest BCUT2D eigenvalue weighted by Gasteiger charge is -2.26. The van der Waals surface area contributed by atoms with Crippen molar-refractivity contribution in [2.75, 3.05) is 25.1 Å². The van der Waals surface area contributed by atoms with E-state index in [1.807, 2.05) is 38.1 Å². The Morgan fingerprint density at radius 3 is 2.42 bits per heavy atom. The molecule has 4 rings (SSSR count). The number of aromatic nitrogens is 1. The maximum atomic E-state index is 13.5. The molecule has 3 atom stereocenters. The monoisotopic (exact) mass is 627 g/mol. The van der Waals surface area contributed by atoms with E-state index in [0.717, 1.165) is 18.4 Å². The number of urea groups is 1. The van der Waals surface area contributed by atoms with Gasteiger partial charge in [0.25, 0.3) is 0 Å². The van der Waals surface area contributed by atoms with E-state index in [1.165, 1.54) is 12.3 Å². The minimum absolute atomic E-state index is 0.0700. The number of carboxylic acid groups (broad SMARTS) is 1. The van der Waals surface area contributed by atoms with E-state index in [0.29, 0.717) is 31.1 Å². The van der Waals surface area contributed by atoms with Gasteiger partial charge in [-0.05, 0) is 68.9 Å². The van der Waals surface area contributed by atoms with Gasteiger partial charge in [-0.3, -0.25) is 10.1 Å². The van der Waals surface area contributed by atoms with Crippen LogP contribution in [0.4, 0.5) is 15.4 Å². The van der Waals surface area contributed by atoms with Gasteiger partial charge < -0.3 is 35.3 Å². The first-order valence-corrected chi connectivity index (χ1v) is 15.1. The Balaban J connectivity index is 1.69. The quantitative estimate of drug-likeness (QED) is 0.307. The number of nitrogens with one attached hydrogen (secondary N) is 4. The molecule has 2 aliphatic rings. The first kappa shape index (κ1) is 35.1. The van der Waals surface area contributed by atoms with Crippen LogP contribution in [0.1, 0.15) is 58.6 Å². The van der Waals surface area contributed by atoms with Crippen molar-refractivity contribution in [1.82, 2.24) is 20.9 Å². The molecule has 0 saturated heterocycles.